The van der Waals surface area contributed by atoms with E-state index in [9.17, 15) is 12.6 Å². The maximum Gasteiger partial charge on any atom is 0.352 e. The van der Waals surface area contributed by atoms with E-state index in [-0.39, 0.29) is 12.6 Å². The first-order valence-corrected chi connectivity index (χ1v) is 9.94. The quantitative estimate of drug-likeness (QED) is 0.881. The number of fused-ring (bicyclic) bond motifs is 1. The zero-order valence-corrected chi connectivity index (χ0v) is 13.4. The number of benzene rings is 1. The highest BCUT2D eigenvalue weighted by Crippen LogP contribution is 2.26. The second-order valence-electron chi connectivity index (χ2n) is 5.18. The number of rotatable bonds is 2. The molecule has 8 heteroatoms. The molecule has 0 aliphatic carbocycles. The molecule has 20 heavy (non-hydrogen) atoms. The molecule has 0 aromatic heterocycles. The average molecular weight is 317 g/mol. The van der Waals surface area contributed by atoms with E-state index in [0.29, 0.717) is 12.2 Å². The summed E-state index contributed by atoms with van der Waals surface area (Å²) in [4.78, 5) is 0. The number of hydrogen-bond donors (Lipinski definition) is 1. The van der Waals surface area contributed by atoms with E-state index >= 15 is 0 Å². The summed E-state index contributed by atoms with van der Waals surface area (Å²) in [5.74, 6) is 0. The van der Waals surface area contributed by atoms with E-state index in [4.69, 9.17) is 0 Å². The molecule has 1 N–H and O–H groups in total. The molecule has 1 aromatic rings. The van der Waals surface area contributed by atoms with Crippen LogP contribution >= 0.6 is 0 Å². The third-order valence-electron chi connectivity index (χ3n) is 2.89. The zero-order valence-electron chi connectivity index (χ0n) is 11.7. The predicted octanol–water partition coefficient (Wildman–Crippen LogP) is 0.957. The molecule has 1 unspecified atom stereocenters. The lowest BCUT2D eigenvalue weighted by Crippen LogP contribution is -2.39. The summed E-state index contributed by atoms with van der Waals surface area (Å²) >= 11 is 0. The van der Waals surface area contributed by atoms with Gasteiger partial charge in [-0.1, -0.05) is 22.0 Å². The maximum absolute atomic E-state index is 12.4. The standard InChI is InChI=1S/C12H19N3O3S2/c1-10-9-15(20(17,18)14-19(2,3)16)12-7-5-4-6-11(12)8-13-10/h4-7,10,13H,8-9H2,1-3H3. The third kappa shape index (κ3) is 3.50. The topological polar surface area (TPSA) is 78.8 Å². The van der Waals surface area contributed by atoms with Gasteiger partial charge < -0.3 is 5.32 Å². The second kappa shape index (κ2) is 5.34. The summed E-state index contributed by atoms with van der Waals surface area (Å²) in [6.45, 7) is 2.76. The number of nitrogens with one attached hydrogen (secondary N) is 1. The van der Waals surface area contributed by atoms with Gasteiger partial charge in [-0.15, -0.1) is 0 Å². The van der Waals surface area contributed by atoms with Gasteiger partial charge in [-0.2, -0.15) is 8.42 Å². The van der Waals surface area contributed by atoms with E-state index in [1.165, 1.54) is 16.8 Å². The third-order valence-corrected chi connectivity index (χ3v) is 5.99. The van der Waals surface area contributed by atoms with Gasteiger partial charge in [-0.3, -0.25) is 0 Å². The molecule has 112 valence electrons. The Balaban J connectivity index is 2.58. The van der Waals surface area contributed by atoms with Crippen molar-refractivity contribution in [1.29, 1.82) is 0 Å². The number of hydrogen-bond acceptors (Lipinski definition) is 4. The van der Waals surface area contributed by atoms with Crippen molar-refractivity contribution < 1.29 is 12.6 Å². The SMILES string of the molecule is CC1CN(S(=O)(=O)N=S(C)(C)=O)c2ccccc2CN1. The fourth-order valence-electron chi connectivity index (χ4n) is 2.08. The van der Waals surface area contributed by atoms with Gasteiger partial charge in [0.05, 0.1) is 22.0 Å². The lowest BCUT2D eigenvalue weighted by molar-refractivity contribution is 0.557. The maximum atomic E-state index is 12.4. The van der Waals surface area contributed by atoms with Gasteiger partial charge in [-0.25, -0.2) is 8.51 Å². The van der Waals surface area contributed by atoms with E-state index in [2.05, 4.69) is 9.08 Å². The Morgan fingerprint density at radius 1 is 1.25 bits per heavy atom. The van der Waals surface area contributed by atoms with Gasteiger partial charge in [0.1, 0.15) is 0 Å². The van der Waals surface area contributed by atoms with Crippen LogP contribution in [-0.2, 0) is 26.5 Å². The highest BCUT2D eigenvalue weighted by molar-refractivity contribution is 8.03. The minimum absolute atomic E-state index is 0.0165. The number of nitrogens with zero attached hydrogens (tertiary/aromatic N) is 2. The van der Waals surface area contributed by atoms with E-state index in [1.807, 2.05) is 19.1 Å². The fourth-order valence-corrected chi connectivity index (χ4v) is 5.06. The first-order valence-electron chi connectivity index (χ1n) is 6.21. The van der Waals surface area contributed by atoms with Crippen molar-refractivity contribution in [3.8, 4) is 0 Å². The molecule has 0 fully saturated rings. The Labute approximate surface area is 120 Å². The van der Waals surface area contributed by atoms with Crippen molar-refractivity contribution >= 4 is 25.6 Å². The lowest BCUT2D eigenvalue weighted by atomic mass is 10.2. The van der Waals surface area contributed by atoms with Crippen LogP contribution in [-0.4, -0.2) is 37.7 Å². The summed E-state index contributed by atoms with van der Waals surface area (Å²) in [6, 6.07) is 7.25. The molecule has 1 aromatic carbocycles. The smallest absolute Gasteiger partial charge is 0.308 e. The van der Waals surface area contributed by atoms with Crippen LogP contribution in [0.3, 0.4) is 0 Å². The summed E-state index contributed by atoms with van der Waals surface area (Å²) in [6.07, 6.45) is 2.63. The Bertz CT molecular complexity index is 713. The van der Waals surface area contributed by atoms with Gasteiger partial charge in [0.2, 0.25) is 0 Å². The highest BCUT2D eigenvalue weighted by atomic mass is 32.3. The molecule has 0 radical (unpaired) electrons. The summed E-state index contributed by atoms with van der Waals surface area (Å²) in [5.41, 5.74) is 1.48. The summed E-state index contributed by atoms with van der Waals surface area (Å²) in [5, 5.41) is 3.25. The van der Waals surface area contributed by atoms with Crippen molar-refractivity contribution in [2.24, 2.45) is 3.77 Å². The number of para-hydroxylation sites is 1. The molecule has 0 saturated heterocycles. The summed E-state index contributed by atoms with van der Waals surface area (Å²) in [7, 11) is -6.71. The van der Waals surface area contributed by atoms with Crippen LogP contribution in [0.25, 0.3) is 0 Å². The van der Waals surface area contributed by atoms with Gasteiger partial charge in [-0.05, 0) is 18.6 Å². The molecule has 2 rings (SSSR count). The first-order chi connectivity index (χ1) is 9.19. The van der Waals surface area contributed by atoms with Crippen LogP contribution in [0.1, 0.15) is 12.5 Å². The molecule has 0 amide bonds. The predicted molar refractivity (Wildman–Crippen MR) is 81.4 cm³/mol. The van der Waals surface area contributed by atoms with Crippen LogP contribution in [0.4, 0.5) is 5.69 Å². The Morgan fingerprint density at radius 2 is 1.90 bits per heavy atom. The number of anilines is 1. The summed E-state index contributed by atoms with van der Waals surface area (Å²) < 4.78 is 41.3. The lowest BCUT2D eigenvalue weighted by Gasteiger charge is -2.23. The first kappa shape index (κ1) is 15.3. The molecule has 0 bridgehead atoms. The molecule has 1 aliphatic heterocycles. The molecule has 1 aliphatic rings. The molecular weight excluding hydrogens is 298 g/mol. The molecular formula is C12H19N3O3S2. The zero-order chi connectivity index (χ0) is 15.0. The molecule has 1 atom stereocenters. The van der Waals surface area contributed by atoms with Crippen LogP contribution < -0.4 is 9.62 Å². The molecule has 0 saturated carbocycles. The minimum Gasteiger partial charge on any atom is -0.308 e. The van der Waals surface area contributed by atoms with Crippen LogP contribution in [0.2, 0.25) is 0 Å². The van der Waals surface area contributed by atoms with Gasteiger partial charge in [0, 0.05) is 25.1 Å². The van der Waals surface area contributed by atoms with Crippen molar-refractivity contribution in [3.05, 3.63) is 29.8 Å². The highest BCUT2D eigenvalue weighted by Gasteiger charge is 2.28. The fraction of sp³-hybridized carbons (Fsp3) is 0.500. The van der Waals surface area contributed by atoms with E-state index in [1.54, 1.807) is 12.1 Å². The van der Waals surface area contributed by atoms with Crippen LogP contribution in [0, 0.1) is 0 Å². The molecule has 0 spiro atoms. The molecule has 1 heterocycles. The van der Waals surface area contributed by atoms with Gasteiger partial charge in [0.25, 0.3) is 0 Å². The Morgan fingerprint density at radius 3 is 2.55 bits per heavy atom. The van der Waals surface area contributed by atoms with Gasteiger partial charge in [0.15, 0.2) is 0 Å². The largest absolute Gasteiger partial charge is 0.352 e. The Hall–Kier alpha value is -1.12. The normalized spacial score (nSPS) is 20.1. The molecule has 6 nitrogen and oxygen atoms in total. The monoisotopic (exact) mass is 317 g/mol. The van der Waals surface area contributed by atoms with Crippen molar-refractivity contribution in [1.82, 2.24) is 5.32 Å². The van der Waals surface area contributed by atoms with Gasteiger partial charge >= 0.3 is 10.2 Å². The van der Waals surface area contributed by atoms with Crippen LogP contribution in [0.5, 0.6) is 0 Å². The van der Waals surface area contributed by atoms with Crippen molar-refractivity contribution in [2.45, 2.75) is 19.5 Å². The minimum atomic E-state index is -3.97. The van der Waals surface area contributed by atoms with Crippen molar-refractivity contribution in [2.75, 3.05) is 23.4 Å². The Kier molecular flexibility index (Phi) is 4.08. The second-order valence-corrected chi connectivity index (χ2v) is 9.47. The van der Waals surface area contributed by atoms with Crippen molar-refractivity contribution in [3.63, 3.8) is 0 Å². The van der Waals surface area contributed by atoms with E-state index in [0.717, 1.165) is 5.56 Å². The van der Waals surface area contributed by atoms with E-state index < -0.39 is 19.9 Å². The average Bonchev–Trinajstić information content (AvgIpc) is 2.47. The van der Waals surface area contributed by atoms with Crippen LogP contribution in [0.15, 0.2) is 28.0 Å².